The third-order valence-electron chi connectivity index (χ3n) is 3.36. The highest BCUT2D eigenvalue weighted by molar-refractivity contribution is 5.69. The molecule has 134 valence electrons. The van der Waals surface area contributed by atoms with Crippen LogP contribution < -0.4 is 0 Å². The number of carbonyl (C=O) groups is 1. The Morgan fingerprint density at radius 2 is 1.12 bits per heavy atom. The Balaban J connectivity index is 3.48. The second-order valence-corrected chi connectivity index (χ2v) is 5.56. The smallest absolute Gasteiger partial charge is 0.305 e. The van der Waals surface area contributed by atoms with E-state index in [1.165, 1.54) is 20.0 Å². The molecule has 2 heteroatoms. The first-order chi connectivity index (χ1) is 11.8. The average molecular weight is 331 g/mol. The predicted octanol–water partition coefficient (Wildman–Crippen LogP) is 6.47. The summed E-state index contributed by atoms with van der Waals surface area (Å²) < 4.78 is 4.60. The SMILES string of the molecule is CCC/C=C\C/C=C\C/C=C\C/C=C\C/C=C\CCCC(=O)OC. The maximum absolute atomic E-state index is 10.9. The van der Waals surface area contributed by atoms with E-state index in [2.05, 4.69) is 72.4 Å². The minimum atomic E-state index is -0.127. The Hall–Kier alpha value is -1.83. The molecule has 0 aliphatic heterocycles. The molecule has 0 heterocycles. The first-order valence-corrected chi connectivity index (χ1v) is 9.13. The number of ether oxygens (including phenoxy) is 1. The third kappa shape index (κ3) is 18.2. The van der Waals surface area contributed by atoms with Gasteiger partial charge in [0.1, 0.15) is 0 Å². The fraction of sp³-hybridized carbons (Fsp3) is 0.500. The van der Waals surface area contributed by atoms with Gasteiger partial charge in [0, 0.05) is 6.42 Å². The minimum Gasteiger partial charge on any atom is -0.469 e. The van der Waals surface area contributed by atoms with Crippen LogP contribution in [0.4, 0.5) is 0 Å². The molecule has 0 bridgehead atoms. The summed E-state index contributed by atoms with van der Waals surface area (Å²) in [5.41, 5.74) is 0. The first kappa shape index (κ1) is 22.2. The van der Waals surface area contributed by atoms with Gasteiger partial charge in [-0.1, -0.05) is 74.1 Å². The molecule has 0 unspecified atom stereocenters. The molecule has 0 saturated carbocycles. The lowest BCUT2D eigenvalue weighted by Crippen LogP contribution is -1.98. The number of carbonyl (C=O) groups excluding carboxylic acids is 1. The molecule has 0 saturated heterocycles. The monoisotopic (exact) mass is 330 g/mol. The highest BCUT2D eigenvalue weighted by atomic mass is 16.5. The van der Waals surface area contributed by atoms with Crippen LogP contribution in [-0.4, -0.2) is 13.1 Å². The quantitative estimate of drug-likeness (QED) is 0.207. The van der Waals surface area contributed by atoms with E-state index >= 15 is 0 Å². The number of hydrogen-bond donors (Lipinski definition) is 0. The molecule has 0 rings (SSSR count). The molecule has 0 aliphatic rings. The zero-order chi connectivity index (χ0) is 17.7. The van der Waals surface area contributed by atoms with Gasteiger partial charge < -0.3 is 4.74 Å². The van der Waals surface area contributed by atoms with Crippen molar-refractivity contribution in [1.82, 2.24) is 0 Å². The number of rotatable bonds is 14. The normalized spacial score (nSPS) is 12.6. The maximum atomic E-state index is 10.9. The summed E-state index contributed by atoms with van der Waals surface area (Å²) in [7, 11) is 1.43. The van der Waals surface area contributed by atoms with Crippen molar-refractivity contribution in [2.75, 3.05) is 7.11 Å². The van der Waals surface area contributed by atoms with Crippen LogP contribution in [0.2, 0.25) is 0 Å². The minimum absolute atomic E-state index is 0.127. The molecule has 2 nitrogen and oxygen atoms in total. The van der Waals surface area contributed by atoms with E-state index in [4.69, 9.17) is 0 Å². The Labute approximate surface area is 148 Å². The van der Waals surface area contributed by atoms with Gasteiger partial charge in [0.15, 0.2) is 0 Å². The second kappa shape index (κ2) is 19.2. The van der Waals surface area contributed by atoms with Crippen LogP contribution in [0, 0.1) is 0 Å². The lowest BCUT2D eigenvalue weighted by Gasteiger charge is -1.95. The third-order valence-corrected chi connectivity index (χ3v) is 3.36. The number of unbranched alkanes of at least 4 members (excludes halogenated alkanes) is 2. The number of esters is 1. The van der Waals surface area contributed by atoms with Gasteiger partial charge in [0.25, 0.3) is 0 Å². The van der Waals surface area contributed by atoms with Crippen LogP contribution in [0.1, 0.15) is 64.7 Å². The zero-order valence-corrected chi connectivity index (χ0v) is 15.5. The van der Waals surface area contributed by atoms with Crippen LogP contribution in [-0.2, 0) is 9.53 Å². The first-order valence-electron chi connectivity index (χ1n) is 9.13. The Kier molecular flexibility index (Phi) is 17.8. The topological polar surface area (TPSA) is 26.3 Å². The number of methoxy groups -OCH3 is 1. The molecule has 0 aromatic carbocycles. The standard InChI is InChI=1S/C22H34O2/c1-3-4-5-6-7-8-9-10-11-12-13-14-15-16-17-18-19-20-21-22(23)24-2/h5-6,8-9,11-12,14-15,17-18H,3-4,7,10,13,16,19-21H2,1-2H3/b6-5-,9-8-,12-11-,15-14-,18-17-. The summed E-state index contributed by atoms with van der Waals surface area (Å²) in [6, 6.07) is 0. The molecule has 0 N–H and O–H groups in total. The van der Waals surface area contributed by atoms with Crippen molar-refractivity contribution in [2.45, 2.75) is 64.7 Å². The van der Waals surface area contributed by atoms with Gasteiger partial charge >= 0.3 is 5.97 Å². The predicted molar refractivity (Wildman–Crippen MR) is 105 cm³/mol. The van der Waals surface area contributed by atoms with Gasteiger partial charge in [-0.25, -0.2) is 0 Å². The lowest BCUT2D eigenvalue weighted by molar-refractivity contribution is -0.140. The summed E-state index contributed by atoms with van der Waals surface area (Å²) in [5, 5.41) is 0. The molecule has 0 aromatic rings. The fourth-order valence-electron chi connectivity index (χ4n) is 1.95. The Morgan fingerprint density at radius 3 is 1.54 bits per heavy atom. The van der Waals surface area contributed by atoms with Crippen molar-refractivity contribution in [3.05, 3.63) is 60.8 Å². The molecule has 0 aromatic heterocycles. The van der Waals surface area contributed by atoms with Crippen LogP contribution in [0.15, 0.2) is 60.8 Å². The van der Waals surface area contributed by atoms with E-state index < -0.39 is 0 Å². The highest BCUT2D eigenvalue weighted by Crippen LogP contribution is 2.00. The Bertz CT molecular complexity index is 425. The molecule has 24 heavy (non-hydrogen) atoms. The molecule has 0 aliphatic carbocycles. The van der Waals surface area contributed by atoms with Crippen LogP contribution in [0.3, 0.4) is 0 Å². The summed E-state index contributed by atoms with van der Waals surface area (Å²) in [6.45, 7) is 2.20. The van der Waals surface area contributed by atoms with Crippen molar-refractivity contribution in [2.24, 2.45) is 0 Å². The van der Waals surface area contributed by atoms with E-state index in [1.54, 1.807) is 0 Å². The van der Waals surface area contributed by atoms with Crippen molar-refractivity contribution < 1.29 is 9.53 Å². The van der Waals surface area contributed by atoms with Crippen molar-refractivity contribution in [3.8, 4) is 0 Å². The zero-order valence-electron chi connectivity index (χ0n) is 15.5. The molecule has 0 spiro atoms. The number of allylic oxidation sites excluding steroid dienone is 10. The van der Waals surface area contributed by atoms with Crippen LogP contribution in [0.5, 0.6) is 0 Å². The molecular weight excluding hydrogens is 296 g/mol. The summed E-state index contributed by atoms with van der Waals surface area (Å²) in [5.74, 6) is -0.127. The van der Waals surface area contributed by atoms with Gasteiger partial charge in [-0.2, -0.15) is 0 Å². The van der Waals surface area contributed by atoms with Crippen LogP contribution >= 0.6 is 0 Å². The molecular formula is C22H34O2. The summed E-state index contributed by atoms with van der Waals surface area (Å²) in [6.07, 6.45) is 30.7. The Morgan fingerprint density at radius 1 is 0.708 bits per heavy atom. The van der Waals surface area contributed by atoms with Crippen LogP contribution in [0.25, 0.3) is 0 Å². The molecule has 0 amide bonds. The molecule has 0 radical (unpaired) electrons. The van der Waals surface area contributed by atoms with Gasteiger partial charge in [-0.05, 0) is 44.9 Å². The van der Waals surface area contributed by atoms with Crippen molar-refractivity contribution in [3.63, 3.8) is 0 Å². The van der Waals surface area contributed by atoms with E-state index in [-0.39, 0.29) is 5.97 Å². The van der Waals surface area contributed by atoms with Gasteiger partial charge in [0.2, 0.25) is 0 Å². The highest BCUT2D eigenvalue weighted by Gasteiger charge is 1.96. The summed E-state index contributed by atoms with van der Waals surface area (Å²) >= 11 is 0. The van der Waals surface area contributed by atoms with Crippen molar-refractivity contribution in [1.29, 1.82) is 0 Å². The van der Waals surface area contributed by atoms with E-state index in [1.807, 2.05) is 0 Å². The van der Waals surface area contributed by atoms with Gasteiger partial charge in [-0.3, -0.25) is 4.79 Å². The lowest BCUT2D eigenvalue weighted by atomic mass is 10.2. The number of hydrogen-bond acceptors (Lipinski definition) is 2. The van der Waals surface area contributed by atoms with E-state index in [0.717, 1.165) is 38.5 Å². The largest absolute Gasteiger partial charge is 0.469 e. The maximum Gasteiger partial charge on any atom is 0.305 e. The molecule has 0 fully saturated rings. The van der Waals surface area contributed by atoms with Gasteiger partial charge in [-0.15, -0.1) is 0 Å². The van der Waals surface area contributed by atoms with Crippen molar-refractivity contribution >= 4 is 5.97 Å². The second-order valence-electron chi connectivity index (χ2n) is 5.56. The van der Waals surface area contributed by atoms with E-state index in [9.17, 15) is 4.79 Å². The molecule has 0 atom stereocenters. The summed E-state index contributed by atoms with van der Waals surface area (Å²) in [4.78, 5) is 10.9. The van der Waals surface area contributed by atoms with E-state index in [0.29, 0.717) is 6.42 Å². The average Bonchev–Trinajstić information content (AvgIpc) is 2.60. The van der Waals surface area contributed by atoms with Gasteiger partial charge in [0.05, 0.1) is 7.11 Å². The fourth-order valence-corrected chi connectivity index (χ4v) is 1.95.